The molecular formula is C15H18N2O2. The summed E-state index contributed by atoms with van der Waals surface area (Å²) in [4.78, 5) is 13.2. The molecule has 100 valence electrons. The largest absolute Gasteiger partial charge is 0.481 e. The van der Waals surface area contributed by atoms with Crippen molar-refractivity contribution in [3.8, 4) is 6.07 Å². The normalized spacial score (nSPS) is 21.1. The number of carboxylic acids is 1. The zero-order chi connectivity index (χ0) is 14.0. The number of nitriles is 1. The van der Waals surface area contributed by atoms with Crippen molar-refractivity contribution in [3.05, 3.63) is 29.8 Å². The van der Waals surface area contributed by atoms with E-state index < -0.39 is 5.97 Å². The first-order chi connectivity index (χ1) is 8.95. The highest BCUT2D eigenvalue weighted by molar-refractivity contribution is 5.68. The molecule has 4 heteroatoms. The molecule has 0 radical (unpaired) electrons. The fourth-order valence-corrected chi connectivity index (χ4v) is 2.89. The van der Waals surface area contributed by atoms with Gasteiger partial charge in [0.05, 0.1) is 18.1 Å². The zero-order valence-electron chi connectivity index (χ0n) is 11.3. The molecule has 1 N–H and O–H groups in total. The lowest BCUT2D eigenvalue weighted by molar-refractivity contribution is -0.138. The minimum absolute atomic E-state index is 0.153. The Kier molecular flexibility index (Phi) is 3.48. The third-order valence-electron chi connectivity index (χ3n) is 4.13. The van der Waals surface area contributed by atoms with Crippen LogP contribution in [0.4, 0.5) is 5.69 Å². The molecule has 1 aromatic rings. The molecule has 1 saturated heterocycles. The van der Waals surface area contributed by atoms with Gasteiger partial charge in [-0.15, -0.1) is 0 Å². The maximum atomic E-state index is 10.9. The van der Waals surface area contributed by atoms with Crippen LogP contribution >= 0.6 is 0 Å². The molecule has 0 aromatic heterocycles. The maximum Gasteiger partial charge on any atom is 0.303 e. The number of aliphatic carboxylic acids is 1. The molecule has 1 fully saturated rings. The molecule has 0 bridgehead atoms. The van der Waals surface area contributed by atoms with Crippen molar-refractivity contribution in [1.82, 2.24) is 0 Å². The number of rotatable bonds is 3. The first kappa shape index (κ1) is 13.4. The maximum absolute atomic E-state index is 10.9. The number of carboxylic acid groups (broad SMARTS) is 1. The van der Waals surface area contributed by atoms with E-state index in [1.807, 2.05) is 12.1 Å². The minimum atomic E-state index is -0.736. The van der Waals surface area contributed by atoms with Crippen LogP contribution < -0.4 is 4.90 Å². The van der Waals surface area contributed by atoms with Crippen molar-refractivity contribution in [1.29, 1.82) is 5.26 Å². The summed E-state index contributed by atoms with van der Waals surface area (Å²) in [5.74, 6) is -0.583. The zero-order valence-corrected chi connectivity index (χ0v) is 11.3. The van der Waals surface area contributed by atoms with Crippen molar-refractivity contribution in [2.45, 2.75) is 32.2 Å². The summed E-state index contributed by atoms with van der Waals surface area (Å²) in [6, 6.07) is 9.58. The molecule has 1 atom stereocenters. The molecule has 19 heavy (non-hydrogen) atoms. The average molecular weight is 258 g/mol. The van der Waals surface area contributed by atoms with Gasteiger partial charge in [-0.25, -0.2) is 0 Å². The van der Waals surface area contributed by atoms with Gasteiger partial charge in [0, 0.05) is 17.8 Å². The predicted octanol–water partition coefficient (Wildman–Crippen LogP) is 2.64. The fraction of sp³-hybridized carbons (Fsp3) is 0.467. The molecule has 4 nitrogen and oxygen atoms in total. The van der Waals surface area contributed by atoms with Crippen molar-refractivity contribution in [3.63, 3.8) is 0 Å². The van der Waals surface area contributed by atoms with Crippen molar-refractivity contribution < 1.29 is 9.90 Å². The summed E-state index contributed by atoms with van der Waals surface area (Å²) < 4.78 is 0. The lowest BCUT2D eigenvalue weighted by Crippen LogP contribution is -2.43. The molecular weight excluding hydrogens is 240 g/mol. The van der Waals surface area contributed by atoms with Gasteiger partial charge in [0.1, 0.15) is 0 Å². The van der Waals surface area contributed by atoms with E-state index in [2.05, 4.69) is 24.8 Å². The molecule has 0 spiro atoms. The smallest absolute Gasteiger partial charge is 0.303 e. The highest BCUT2D eigenvalue weighted by Gasteiger charge is 2.42. The first-order valence-corrected chi connectivity index (χ1v) is 6.44. The van der Waals surface area contributed by atoms with Crippen LogP contribution in [0.2, 0.25) is 0 Å². The van der Waals surface area contributed by atoms with Crippen LogP contribution in [0.15, 0.2) is 24.3 Å². The van der Waals surface area contributed by atoms with Crippen LogP contribution in [0.1, 0.15) is 32.3 Å². The van der Waals surface area contributed by atoms with Gasteiger partial charge in [-0.2, -0.15) is 5.26 Å². The van der Waals surface area contributed by atoms with Gasteiger partial charge in [0.15, 0.2) is 0 Å². The van der Waals surface area contributed by atoms with Crippen LogP contribution in [0.5, 0.6) is 0 Å². The highest BCUT2D eigenvalue weighted by atomic mass is 16.4. The van der Waals surface area contributed by atoms with Gasteiger partial charge in [0.25, 0.3) is 0 Å². The van der Waals surface area contributed by atoms with E-state index in [0.717, 1.165) is 18.7 Å². The van der Waals surface area contributed by atoms with Gasteiger partial charge < -0.3 is 10.0 Å². The van der Waals surface area contributed by atoms with Gasteiger partial charge in [-0.1, -0.05) is 0 Å². The summed E-state index contributed by atoms with van der Waals surface area (Å²) >= 11 is 0. The predicted molar refractivity (Wildman–Crippen MR) is 72.9 cm³/mol. The van der Waals surface area contributed by atoms with Crippen molar-refractivity contribution >= 4 is 11.7 Å². The monoisotopic (exact) mass is 258 g/mol. The van der Waals surface area contributed by atoms with E-state index in [1.165, 1.54) is 0 Å². The van der Waals surface area contributed by atoms with E-state index in [1.54, 1.807) is 12.1 Å². The Bertz CT molecular complexity index is 514. The Morgan fingerprint density at radius 2 is 2.11 bits per heavy atom. The quantitative estimate of drug-likeness (QED) is 0.905. The first-order valence-electron chi connectivity index (χ1n) is 6.44. The Balaban J connectivity index is 2.21. The van der Waals surface area contributed by atoms with E-state index >= 15 is 0 Å². The number of hydrogen-bond acceptors (Lipinski definition) is 3. The van der Waals surface area contributed by atoms with E-state index in [4.69, 9.17) is 10.4 Å². The number of benzene rings is 1. The average Bonchev–Trinajstić information content (AvgIpc) is 2.65. The summed E-state index contributed by atoms with van der Waals surface area (Å²) in [5, 5.41) is 17.8. The van der Waals surface area contributed by atoms with Crippen LogP contribution in [0.25, 0.3) is 0 Å². The summed E-state index contributed by atoms with van der Waals surface area (Å²) in [6.07, 6.45) is 1.10. The van der Waals surface area contributed by atoms with Crippen LogP contribution in [-0.2, 0) is 4.79 Å². The molecule has 2 rings (SSSR count). The molecule has 1 heterocycles. The SMILES string of the molecule is CC1(C)C(CC(=O)O)CCN1c1ccc(C#N)cc1. The minimum Gasteiger partial charge on any atom is -0.481 e. The number of hydrogen-bond donors (Lipinski definition) is 1. The second-order valence-electron chi connectivity index (χ2n) is 5.55. The summed E-state index contributed by atoms with van der Waals surface area (Å²) in [7, 11) is 0. The molecule has 1 unspecified atom stereocenters. The van der Waals surface area contributed by atoms with Crippen LogP contribution in [0, 0.1) is 17.2 Å². The standard InChI is InChI=1S/C15H18N2O2/c1-15(2)12(9-14(18)19)7-8-17(15)13-5-3-11(10-16)4-6-13/h3-6,12H,7-9H2,1-2H3,(H,18,19). The molecule has 0 amide bonds. The topological polar surface area (TPSA) is 64.3 Å². The Morgan fingerprint density at radius 3 is 2.63 bits per heavy atom. The van der Waals surface area contributed by atoms with E-state index in [-0.39, 0.29) is 17.9 Å². The lowest BCUT2D eigenvalue weighted by atomic mass is 9.85. The number of anilines is 1. The van der Waals surface area contributed by atoms with Crippen LogP contribution in [-0.4, -0.2) is 23.2 Å². The molecule has 1 aliphatic heterocycles. The number of nitrogens with zero attached hydrogens (tertiary/aromatic N) is 2. The highest BCUT2D eigenvalue weighted by Crippen LogP contribution is 2.39. The fourth-order valence-electron chi connectivity index (χ4n) is 2.89. The Morgan fingerprint density at radius 1 is 1.47 bits per heavy atom. The molecule has 1 aliphatic rings. The number of carbonyl (C=O) groups is 1. The van der Waals surface area contributed by atoms with E-state index in [9.17, 15) is 4.79 Å². The van der Waals surface area contributed by atoms with Gasteiger partial charge >= 0.3 is 5.97 Å². The van der Waals surface area contributed by atoms with Crippen LogP contribution in [0.3, 0.4) is 0 Å². The Labute approximate surface area is 113 Å². The molecule has 0 aliphatic carbocycles. The lowest BCUT2D eigenvalue weighted by Gasteiger charge is -2.37. The Hall–Kier alpha value is -2.02. The van der Waals surface area contributed by atoms with Gasteiger partial charge in [-0.05, 0) is 50.5 Å². The van der Waals surface area contributed by atoms with Gasteiger partial charge in [0.2, 0.25) is 0 Å². The van der Waals surface area contributed by atoms with E-state index in [0.29, 0.717) is 5.56 Å². The third kappa shape index (κ3) is 2.55. The van der Waals surface area contributed by atoms with Crippen molar-refractivity contribution in [2.24, 2.45) is 5.92 Å². The molecule has 0 saturated carbocycles. The van der Waals surface area contributed by atoms with Gasteiger partial charge in [-0.3, -0.25) is 4.79 Å². The molecule has 1 aromatic carbocycles. The summed E-state index contributed by atoms with van der Waals surface area (Å²) in [5.41, 5.74) is 1.52. The summed E-state index contributed by atoms with van der Waals surface area (Å²) in [6.45, 7) is 5.04. The van der Waals surface area contributed by atoms with Crippen molar-refractivity contribution in [2.75, 3.05) is 11.4 Å². The second kappa shape index (κ2) is 4.93. The second-order valence-corrected chi connectivity index (χ2v) is 5.55. The third-order valence-corrected chi connectivity index (χ3v) is 4.13.